The maximum Gasteiger partial charge on any atom is 0.282 e. The summed E-state index contributed by atoms with van der Waals surface area (Å²) in [6, 6.07) is 17.8. The lowest BCUT2D eigenvalue weighted by atomic mass is 9.92. The Morgan fingerprint density at radius 3 is 2.43 bits per heavy atom. The molecule has 2 aromatic heterocycles. The normalized spacial score (nSPS) is 13.6. The van der Waals surface area contributed by atoms with Crippen LogP contribution in [0, 0.1) is 0 Å². The van der Waals surface area contributed by atoms with E-state index in [0.717, 1.165) is 71.6 Å². The highest BCUT2D eigenvalue weighted by Gasteiger charge is 2.26. The van der Waals surface area contributed by atoms with Crippen LogP contribution in [0.2, 0.25) is 0 Å². The van der Waals surface area contributed by atoms with Crippen LogP contribution in [0.4, 0.5) is 0 Å². The van der Waals surface area contributed by atoms with Gasteiger partial charge in [-0.3, -0.25) is 4.79 Å². The van der Waals surface area contributed by atoms with Crippen molar-refractivity contribution in [1.82, 2.24) is 14.2 Å². The molecule has 6 nitrogen and oxygen atoms in total. The van der Waals surface area contributed by atoms with Crippen molar-refractivity contribution in [3.05, 3.63) is 82.3 Å². The topological polar surface area (TPSA) is 57.8 Å². The Morgan fingerprint density at radius 1 is 0.973 bits per heavy atom. The van der Waals surface area contributed by atoms with Gasteiger partial charge in [-0.1, -0.05) is 61.9 Å². The van der Waals surface area contributed by atoms with Crippen LogP contribution < -0.4 is 10.3 Å². The molecule has 0 amide bonds. The number of aryl methyl sites for hydroxylation is 1. The second-order valence-electron chi connectivity index (χ2n) is 9.62. The lowest BCUT2D eigenvalue weighted by Gasteiger charge is -2.19. The van der Waals surface area contributed by atoms with Crippen molar-refractivity contribution in [2.75, 3.05) is 13.7 Å². The minimum Gasteiger partial charge on any atom is -0.497 e. The van der Waals surface area contributed by atoms with E-state index in [-0.39, 0.29) is 5.56 Å². The van der Waals surface area contributed by atoms with Crippen molar-refractivity contribution in [2.24, 2.45) is 7.05 Å². The molecule has 0 unspecified atom stereocenters. The minimum atomic E-state index is -0.132. The zero-order valence-corrected chi connectivity index (χ0v) is 22.0. The first kappa shape index (κ1) is 25.0. The second kappa shape index (κ2) is 11.2. The molecular weight excluding hydrogens is 462 g/mol. The minimum absolute atomic E-state index is 0.132. The van der Waals surface area contributed by atoms with E-state index in [4.69, 9.17) is 14.6 Å². The molecule has 0 N–H and O–H groups in total. The van der Waals surface area contributed by atoms with Gasteiger partial charge in [-0.25, -0.2) is 0 Å². The molecule has 0 aliphatic heterocycles. The molecule has 192 valence electrons. The van der Waals surface area contributed by atoms with E-state index in [9.17, 15) is 4.79 Å². The Balaban J connectivity index is 1.80. The second-order valence-corrected chi connectivity index (χ2v) is 9.62. The van der Waals surface area contributed by atoms with Crippen molar-refractivity contribution >= 4 is 11.2 Å². The third-order valence-electron chi connectivity index (χ3n) is 7.20. The molecule has 0 atom stereocenters. The van der Waals surface area contributed by atoms with Crippen LogP contribution in [0.1, 0.15) is 56.7 Å². The number of nitrogens with zero attached hydrogens (tertiary/aromatic N) is 3. The van der Waals surface area contributed by atoms with E-state index in [0.29, 0.717) is 18.8 Å². The molecule has 37 heavy (non-hydrogen) atoms. The van der Waals surface area contributed by atoms with Gasteiger partial charge in [0.1, 0.15) is 17.1 Å². The van der Waals surface area contributed by atoms with Crippen LogP contribution >= 0.6 is 0 Å². The number of rotatable bonds is 9. The first-order valence-corrected chi connectivity index (χ1v) is 13.3. The number of aromatic nitrogens is 3. The van der Waals surface area contributed by atoms with Gasteiger partial charge in [0.25, 0.3) is 5.56 Å². The number of ether oxygens (including phenoxy) is 2. The maximum absolute atomic E-state index is 14.2. The quantitative estimate of drug-likeness (QED) is 0.243. The van der Waals surface area contributed by atoms with Gasteiger partial charge in [0.05, 0.1) is 25.0 Å². The molecule has 6 heteroatoms. The molecule has 0 fully saturated rings. The fourth-order valence-corrected chi connectivity index (χ4v) is 5.18. The smallest absolute Gasteiger partial charge is 0.282 e. The molecule has 0 bridgehead atoms. The summed E-state index contributed by atoms with van der Waals surface area (Å²) in [5, 5.41) is 4.97. The fraction of sp³-hybridized carbons (Fsp3) is 0.355. The lowest BCUT2D eigenvalue weighted by Crippen LogP contribution is -2.24. The molecule has 5 rings (SSSR count). The van der Waals surface area contributed by atoms with Crippen LogP contribution in [0.25, 0.3) is 33.6 Å². The van der Waals surface area contributed by atoms with Crippen LogP contribution in [0.5, 0.6) is 5.75 Å². The molecular formula is C31H35N3O3. The van der Waals surface area contributed by atoms with Gasteiger partial charge < -0.3 is 14.0 Å². The maximum atomic E-state index is 14.2. The van der Waals surface area contributed by atoms with Crippen molar-refractivity contribution in [3.63, 3.8) is 0 Å². The summed E-state index contributed by atoms with van der Waals surface area (Å²) in [5.74, 6) is 0.749. The zero-order chi connectivity index (χ0) is 25.8. The summed E-state index contributed by atoms with van der Waals surface area (Å²) >= 11 is 0. The number of methoxy groups -OCH3 is 1. The van der Waals surface area contributed by atoms with E-state index >= 15 is 0 Å². The Hall–Kier alpha value is -3.64. The van der Waals surface area contributed by atoms with Crippen LogP contribution in [-0.4, -0.2) is 27.9 Å². The van der Waals surface area contributed by atoms with Gasteiger partial charge in [-0.2, -0.15) is 9.61 Å². The first-order valence-electron chi connectivity index (χ1n) is 13.3. The highest BCUT2D eigenvalue weighted by molar-refractivity contribution is 5.88. The summed E-state index contributed by atoms with van der Waals surface area (Å²) in [7, 11) is 3.67. The SMILES string of the molecule is CCCCOCc1c(-c2ccc(OC)cc2)c(=O)n2nc(-c3ccccc3)c(C3=CCCCC3)c2n1C. The number of benzene rings is 2. The van der Waals surface area contributed by atoms with E-state index in [2.05, 4.69) is 29.7 Å². The van der Waals surface area contributed by atoms with Crippen molar-refractivity contribution in [1.29, 1.82) is 0 Å². The summed E-state index contributed by atoms with van der Waals surface area (Å²) in [5.41, 5.74) is 7.18. The molecule has 2 aromatic carbocycles. The molecule has 0 radical (unpaired) electrons. The molecule has 1 aliphatic carbocycles. The van der Waals surface area contributed by atoms with E-state index in [1.54, 1.807) is 11.6 Å². The third kappa shape index (κ3) is 4.86. The molecule has 1 aliphatic rings. The summed E-state index contributed by atoms with van der Waals surface area (Å²) in [6.45, 7) is 3.16. The standard InChI is InChI=1S/C31H35N3O3/c1-4-5-20-37-21-26-27(23-16-18-25(36-3)19-17-23)31(35)34-30(33(26)2)28(22-12-8-6-9-13-22)29(32-34)24-14-10-7-11-15-24/h7,10-12,14-19H,4-6,8-9,13,20-21H2,1-3H3. The highest BCUT2D eigenvalue weighted by atomic mass is 16.5. The Labute approximate surface area is 218 Å². The first-order chi connectivity index (χ1) is 18.1. The van der Waals surface area contributed by atoms with Crippen molar-refractivity contribution in [3.8, 4) is 28.1 Å². The third-order valence-corrected chi connectivity index (χ3v) is 7.20. The summed E-state index contributed by atoms with van der Waals surface area (Å²) in [4.78, 5) is 14.2. The summed E-state index contributed by atoms with van der Waals surface area (Å²) < 4.78 is 15.2. The fourth-order valence-electron chi connectivity index (χ4n) is 5.18. The van der Waals surface area contributed by atoms with Crippen LogP contribution in [0.3, 0.4) is 0 Å². The van der Waals surface area contributed by atoms with Crippen molar-refractivity contribution < 1.29 is 9.47 Å². The van der Waals surface area contributed by atoms with Gasteiger partial charge in [-0.05, 0) is 55.4 Å². The molecule has 4 aromatic rings. The Kier molecular flexibility index (Phi) is 7.56. The van der Waals surface area contributed by atoms with E-state index in [1.807, 2.05) is 49.5 Å². The van der Waals surface area contributed by atoms with Crippen LogP contribution in [-0.2, 0) is 18.4 Å². The molecule has 2 heterocycles. The average molecular weight is 498 g/mol. The van der Waals surface area contributed by atoms with Gasteiger partial charge in [-0.15, -0.1) is 0 Å². The van der Waals surface area contributed by atoms with Gasteiger partial charge in [0.15, 0.2) is 0 Å². The van der Waals surface area contributed by atoms with Gasteiger partial charge >= 0.3 is 0 Å². The van der Waals surface area contributed by atoms with Crippen LogP contribution in [0.15, 0.2) is 65.5 Å². The molecule has 0 spiro atoms. The lowest BCUT2D eigenvalue weighted by molar-refractivity contribution is 0.114. The van der Waals surface area contributed by atoms with E-state index in [1.165, 1.54) is 12.0 Å². The van der Waals surface area contributed by atoms with Gasteiger partial charge in [0, 0.05) is 24.8 Å². The predicted molar refractivity (Wildman–Crippen MR) is 149 cm³/mol. The largest absolute Gasteiger partial charge is 0.497 e. The average Bonchev–Trinajstić information content (AvgIpc) is 3.36. The van der Waals surface area contributed by atoms with Gasteiger partial charge in [0.2, 0.25) is 0 Å². The number of allylic oxidation sites excluding steroid dienone is 2. The number of fused-ring (bicyclic) bond motifs is 1. The predicted octanol–water partition coefficient (Wildman–Crippen LogP) is 6.65. The monoisotopic (exact) mass is 497 g/mol. The highest BCUT2D eigenvalue weighted by Crippen LogP contribution is 2.37. The number of unbranched alkanes of at least 4 members (excludes halogenated alkanes) is 1. The number of hydrogen-bond donors (Lipinski definition) is 0. The van der Waals surface area contributed by atoms with Crippen molar-refractivity contribution in [2.45, 2.75) is 52.1 Å². The molecule has 0 saturated carbocycles. The zero-order valence-electron chi connectivity index (χ0n) is 22.0. The van der Waals surface area contributed by atoms with E-state index < -0.39 is 0 Å². The Bertz CT molecular complexity index is 1460. The Morgan fingerprint density at radius 2 is 1.76 bits per heavy atom. The summed E-state index contributed by atoms with van der Waals surface area (Å²) in [6.07, 6.45) is 8.74. The molecule has 0 saturated heterocycles. The number of hydrogen-bond acceptors (Lipinski definition) is 4.